The molecule has 0 N–H and O–H groups in total. The Balaban J connectivity index is 1.51. The maximum absolute atomic E-state index is 12.5. The highest BCUT2D eigenvalue weighted by molar-refractivity contribution is 7.91. The summed E-state index contributed by atoms with van der Waals surface area (Å²) in [6.45, 7) is 3.63. The molecule has 0 radical (unpaired) electrons. The summed E-state index contributed by atoms with van der Waals surface area (Å²) in [5.74, 6) is -0.449. The third kappa shape index (κ3) is 4.78. The van der Waals surface area contributed by atoms with Crippen molar-refractivity contribution in [1.82, 2.24) is 9.80 Å². The fraction of sp³-hybridized carbons (Fsp3) is 0.333. The van der Waals surface area contributed by atoms with Crippen LogP contribution in [-0.4, -0.2) is 62.0 Å². The van der Waals surface area contributed by atoms with E-state index in [-0.39, 0.29) is 28.9 Å². The van der Waals surface area contributed by atoms with Crippen LogP contribution in [0.2, 0.25) is 0 Å². The van der Waals surface area contributed by atoms with Gasteiger partial charge < -0.3 is 9.80 Å². The number of hydrogen-bond acceptors (Lipinski definition) is 4. The second-order valence-electron chi connectivity index (χ2n) is 6.92. The van der Waals surface area contributed by atoms with Crippen LogP contribution in [0.1, 0.15) is 22.3 Å². The summed E-state index contributed by atoms with van der Waals surface area (Å²) >= 11 is 0. The molecule has 1 aliphatic rings. The molecule has 0 spiro atoms. The molecular formula is C21H24N2O4S. The van der Waals surface area contributed by atoms with Crippen molar-refractivity contribution in [2.45, 2.75) is 18.2 Å². The minimum atomic E-state index is -3.48. The Morgan fingerprint density at radius 3 is 2.04 bits per heavy atom. The fourth-order valence-corrected chi connectivity index (χ4v) is 4.40. The summed E-state index contributed by atoms with van der Waals surface area (Å²) in [4.78, 5) is 28.5. The minimum absolute atomic E-state index is 0.0466. The Morgan fingerprint density at radius 2 is 1.43 bits per heavy atom. The van der Waals surface area contributed by atoms with Gasteiger partial charge in [-0.1, -0.05) is 35.9 Å². The van der Waals surface area contributed by atoms with E-state index in [1.165, 1.54) is 0 Å². The van der Waals surface area contributed by atoms with E-state index in [1.54, 1.807) is 46.2 Å². The molecule has 6 nitrogen and oxygen atoms in total. The number of carbonyl (C=O) groups excluding carboxylic acids is 2. The molecule has 28 heavy (non-hydrogen) atoms. The van der Waals surface area contributed by atoms with Gasteiger partial charge in [-0.25, -0.2) is 8.42 Å². The normalized spacial score (nSPS) is 14.8. The summed E-state index contributed by atoms with van der Waals surface area (Å²) in [6.07, 6.45) is -0.0527. The first kappa shape index (κ1) is 20.1. The van der Waals surface area contributed by atoms with Gasteiger partial charge in [-0.2, -0.15) is 0 Å². The molecule has 0 aliphatic carbocycles. The van der Waals surface area contributed by atoms with Crippen LogP contribution in [0, 0.1) is 6.92 Å². The van der Waals surface area contributed by atoms with E-state index in [0.717, 1.165) is 5.56 Å². The zero-order chi connectivity index (χ0) is 20.1. The number of sulfone groups is 1. The Bertz CT molecular complexity index is 932. The molecule has 1 saturated heterocycles. The number of benzene rings is 2. The highest BCUT2D eigenvalue weighted by atomic mass is 32.2. The Hall–Kier alpha value is -2.67. The monoisotopic (exact) mass is 400 g/mol. The van der Waals surface area contributed by atoms with Gasteiger partial charge in [-0.3, -0.25) is 9.59 Å². The molecule has 0 unspecified atom stereocenters. The standard InChI is InChI=1S/C21H24N2O4S/c1-17-7-9-19(10-8-17)28(26,27)16-11-20(24)22-12-14-23(15-13-22)21(25)18-5-3-2-4-6-18/h2-10H,11-16H2,1H3. The summed E-state index contributed by atoms with van der Waals surface area (Å²) in [6, 6.07) is 15.7. The fourth-order valence-electron chi connectivity index (χ4n) is 3.17. The molecule has 1 aliphatic heterocycles. The van der Waals surface area contributed by atoms with Gasteiger partial charge in [0.1, 0.15) is 0 Å². The second kappa shape index (κ2) is 8.56. The summed E-state index contributed by atoms with van der Waals surface area (Å²) in [5.41, 5.74) is 1.62. The summed E-state index contributed by atoms with van der Waals surface area (Å²) in [5, 5.41) is 0. The van der Waals surface area contributed by atoms with E-state index >= 15 is 0 Å². The molecule has 148 valence electrons. The Labute approximate surface area is 165 Å². The van der Waals surface area contributed by atoms with Crippen molar-refractivity contribution >= 4 is 21.7 Å². The van der Waals surface area contributed by atoms with Gasteiger partial charge in [-0.15, -0.1) is 0 Å². The van der Waals surface area contributed by atoms with E-state index in [1.807, 2.05) is 25.1 Å². The third-order valence-electron chi connectivity index (χ3n) is 4.91. The van der Waals surface area contributed by atoms with E-state index in [4.69, 9.17) is 0 Å². The lowest BCUT2D eigenvalue weighted by Gasteiger charge is -2.34. The SMILES string of the molecule is Cc1ccc(S(=O)(=O)CCC(=O)N2CCN(C(=O)c3ccccc3)CC2)cc1. The van der Waals surface area contributed by atoms with E-state index in [0.29, 0.717) is 31.7 Å². The minimum Gasteiger partial charge on any atom is -0.339 e. The number of amides is 2. The van der Waals surface area contributed by atoms with Gasteiger partial charge in [0, 0.05) is 38.2 Å². The van der Waals surface area contributed by atoms with Crippen LogP contribution < -0.4 is 0 Å². The number of rotatable bonds is 5. The lowest BCUT2D eigenvalue weighted by Crippen LogP contribution is -2.50. The van der Waals surface area contributed by atoms with Crippen molar-refractivity contribution < 1.29 is 18.0 Å². The predicted molar refractivity (Wildman–Crippen MR) is 107 cm³/mol. The average molecular weight is 401 g/mol. The van der Waals surface area contributed by atoms with E-state index < -0.39 is 9.84 Å². The molecule has 2 aromatic rings. The molecule has 0 aromatic heterocycles. The lowest BCUT2D eigenvalue weighted by atomic mass is 10.2. The molecule has 1 fully saturated rings. The number of hydrogen-bond donors (Lipinski definition) is 0. The van der Waals surface area contributed by atoms with Crippen LogP contribution in [0.4, 0.5) is 0 Å². The van der Waals surface area contributed by atoms with Gasteiger partial charge in [0.25, 0.3) is 5.91 Å². The first-order valence-electron chi connectivity index (χ1n) is 9.28. The number of carbonyl (C=O) groups is 2. The summed E-state index contributed by atoms with van der Waals surface area (Å²) in [7, 11) is -3.48. The van der Waals surface area contributed by atoms with Crippen LogP contribution in [-0.2, 0) is 14.6 Å². The van der Waals surface area contributed by atoms with Crippen LogP contribution in [0.5, 0.6) is 0 Å². The van der Waals surface area contributed by atoms with Crippen molar-refractivity contribution in [2.75, 3.05) is 31.9 Å². The molecule has 2 amide bonds. The predicted octanol–water partition coefficient (Wildman–Crippen LogP) is 2.14. The zero-order valence-electron chi connectivity index (χ0n) is 15.9. The second-order valence-corrected chi connectivity index (χ2v) is 9.03. The summed E-state index contributed by atoms with van der Waals surface area (Å²) < 4.78 is 24.8. The molecule has 0 bridgehead atoms. The third-order valence-corrected chi connectivity index (χ3v) is 6.64. The maximum atomic E-state index is 12.5. The first-order valence-corrected chi connectivity index (χ1v) is 10.9. The molecule has 3 rings (SSSR count). The molecule has 7 heteroatoms. The molecule has 2 aromatic carbocycles. The van der Waals surface area contributed by atoms with Gasteiger partial charge in [0.15, 0.2) is 9.84 Å². The quantitative estimate of drug-likeness (QED) is 0.771. The van der Waals surface area contributed by atoms with Crippen molar-refractivity contribution in [2.24, 2.45) is 0 Å². The number of aryl methyl sites for hydroxylation is 1. The first-order chi connectivity index (χ1) is 13.4. The zero-order valence-corrected chi connectivity index (χ0v) is 16.7. The maximum Gasteiger partial charge on any atom is 0.253 e. The van der Waals surface area contributed by atoms with Crippen molar-refractivity contribution in [3.8, 4) is 0 Å². The van der Waals surface area contributed by atoms with Gasteiger partial charge in [0.05, 0.1) is 10.6 Å². The number of piperazine rings is 1. The van der Waals surface area contributed by atoms with Crippen LogP contribution in [0.3, 0.4) is 0 Å². The van der Waals surface area contributed by atoms with Crippen LogP contribution in [0.15, 0.2) is 59.5 Å². The van der Waals surface area contributed by atoms with E-state index in [9.17, 15) is 18.0 Å². The van der Waals surface area contributed by atoms with Gasteiger partial charge in [-0.05, 0) is 31.2 Å². The van der Waals surface area contributed by atoms with Crippen molar-refractivity contribution in [3.05, 3.63) is 65.7 Å². The highest BCUT2D eigenvalue weighted by Crippen LogP contribution is 2.15. The lowest BCUT2D eigenvalue weighted by molar-refractivity contribution is -0.132. The van der Waals surface area contributed by atoms with Crippen LogP contribution in [0.25, 0.3) is 0 Å². The van der Waals surface area contributed by atoms with Crippen molar-refractivity contribution in [1.29, 1.82) is 0 Å². The topological polar surface area (TPSA) is 74.8 Å². The van der Waals surface area contributed by atoms with Crippen LogP contribution >= 0.6 is 0 Å². The number of nitrogens with zero attached hydrogens (tertiary/aromatic N) is 2. The van der Waals surface area contributed by atoms with Gasteiger partial charge in [0.2, 0.25) is 5.91 Å². The Morgan fingerprint density at radius 1 is 0.857 bits per heavy atom. The van der Waals surface area contributed by atoms with E-state index in [2.05, 4.69) is 0 Å². The molecule has 1 heterocycles. The largest absolute Gasteiger partial charge is 0.339 e. The molecular weight excluding hydrogens is 376 g/mol. The molecule has 0 saturated carbocycles. The highest BCUT2D eigenvalue weighted by Gasteiger charge is 2.26. The smallest absolute Gasteiger partial charge is 0.253 e. The average Bonchev–Trinajstić information content (AvgIpc) is 2.72. The van der Waals surface area contributed by atoms with Gasteiger partial charge >= 0.3 is 0 Å². The van der Waals surface area contributed by atoms with Crippen molar-refractivity contribution in [3.63, 3.8) is 0 Å². The Kier molecular flexibility index (Phi) is 6.14. The molecule has 0 atom stereocenters.